The molecule has 3 amide bonds. The zero-order valence-corrected chi connectivity index (χ0v) is 14.8. The number of hydrogen-bond acceptors (Lipinski definition) is 4. The number of anilines is 2. The van der Waals surface area contributed by atoms with Gasteiger partial charge in [0.05, 0.1) is 24.0 Å². The monoisotopic (exact) mass is 354 g/mol. The standard InChI is InChI=1S/C16H22N4O3.ClH/c1-10-8-14(21)18-12-6-4-5-7-13(12)20(10)15(22)9-19(3)16(23)11(2)17;/h4-7,10-11H,8-9,17H2,1-3H3,(H,18,21);1H. The van der Waals surface area contributed by atoms with Gasteiger partial charge in [0.2, 0.25) is 17.7 Å². The fourth-order valence-corrected chi connectivity index (χ4v) is 2.67. The fourth-order valence-electron chi connectivity index (χ4n) is 2.67. The van der Waals surface area contributed by atoms with Gasteiger partial charge in [-0.3, -0.25) is 14.4 Å². The molecule has 0 bridgehead atoms. The SMILES string of the molecule is CC(N)C(=O)N(C)CC(=O)N1c2ccccc2NC(=O)CC1C.Cl. The van der Waals surface area contributed by atoms with Crippen LogP contribution >= 0.6 is 12.4 Å². The van der Waals surface area contributed by atoms with Gasteiger partial charge in [-0.15, -0.1) is 12.4 Å². The predicted molar refractivity (Wildman–Crippen MR) is 95.2 cm³/mol. The van der Waals surface area contributed by atoms with E-state index in [1.165, 1.54) is 4.90 Å². The molecule has 2 unspecified atom stereocenters. The van der Waals surface area contributed by atoms with E-state index in [-0.39, 0.29) is 49.1 Å². The Bertz CT molecular complexity index is 636. The van der Waals surface area contributed by atoms with Crippen molar-refractivity contribution in [3.63, 3.8) is 0 Å². The van der Waals surface area contributed by atoms with E-state index < -0.39 is 6.04 Å². The number of nitrogens with one attached hydrogen (secondary N) is 1. The molecule has 0 aliphatic carbocycles. The number of nitrogens with zero attached hydrogens (tertiary/aromatic N) is 2. The van der Waals surface area contributed by atoms with Gasteiger partial charge in [-0.05, 0) is 26.0 Å². The number of fused-ring (bicyclic) bond motifs is 1. The quantitative estimate of drug-likeness (QED) is 0.845. The van der Waals surface area contributed by atoms with Crippen molar-refractivity contribution in [1.82, 2.24) is 4.90 Å². The van der Waals surface area contributed by atoms with Crippen LogP contribution in [0.3, 0.4) is 0 Å². The van der Waals surface area contributed by atoms with E-state index in [1.807, 2.05) is 6.92 Å². The van der Waals surface area contributed by atoms with Crippen LogP contribution in [-0.4, -0.2) is 48.3 Å². The first-order valence-electron chi connectivity index (χ1n) is 7.52. The Kier molecular flexibility index (Phi) is 6.74. The van der Waals surface area contributed by atoms with Gasteiger partial charge in [0.25, 0.3) is 0 Å². The Morgan fingerprint density at radius 3 is 2.67 bits per heavy atom. The third-order valence-corrected chi connectivity index (χ3v) is 3.77. The molecule has 132 valence electrons. The maximum absolute atomic E-state index is 12.7. The molecule has 0 saturated heterocycles. The summed E-state index contributed by atoms with van der Waals surface area (Å²) >= 11 is 0. The smallest absolute Gasteiger partial charge is 0.246 e. The Morgan fingerprint density at radius 2 is 2.04 bits per heavy atom. The highest BCUT2D eigenvalue weighted by Gasteiger charge is 2.30. The minimum Gasteiger partial charge on any atom is -0.335 e. The zero-order valence-electron chi connectivity index (χ0n) is 14.0. The Morgan fingerprint density at radius 1 is 1.42 bits per heavy atom. The molecule has 2 rings (SSSR count). The minimum atomic E-state index is -0.662. The highest BCUT2D eigenvalue weighted by atomic mass is 35.5. The second-order valence-corrected chi connectivity index (χ2v) is 5.87. The van der Waals surface area contributed by atoms with Crippen molar-refractivity contribution in [2.45, 2.75) is 32.4 Å². The van der Waals surface area contributed by atoms with Gasteiger partial charge < -0.3 is 20.9 Å². The summed E-state index contributed by atoms with van der Waals surface area (Å²) in [5.41, 5.74) is 6.80. The summed E-state index contributed by atoms with van der Waals surface area (Å²) in [6, 6.07) is 6.17. The zero-order chi connectivity index (χ0) is 17.1. The Labute approximate surface area is 147 Å². The molecule has 1 aromatic carbocycles. The summed E-state index contributed by atoms with van der Waals surface area (Å²) in [5.74, 6) is -0.693. The highest BCUT2D eigenvalue weighted by Crippen LogP contribution is 2.31. The summed E-state index contributed by atoms with van der Waals surface area (Å²) in [5, 5.41) is 2.80. The van der Waals surface area contributed by atoms with Crippen LogP contribution in [0.2, 0.25) is 0 Å². The first-order chi connectivity index (χ1) is 10.8. The molecule has 0 aromatic heterocycles. The van der Waals surface area contributed by atoms with E-state index >= 15 is 0 Å². The van der Waals surface area contributed by atoms with E-state index in [2.05, 4.69) is 5.32 Å². The summed E-state index contributed by atoms with van der Waals surface area (Å²) in [6.07, 6.45) is 0.200. The maximum Gasteiger partial charge on any atom is 0.246 e. The molecule has 1 aliphatic rings. The summed E-state index contributed by atoms with van der Waals surface area (Å²) in [4.78, 5) is 39.4. The average molecular weight is 355 g/mol. The highest BCUT2D eigenvalue weighted by molar-refractivity contribution is 6.05. The lowest BCUT2D eigenvalue weighted by molar-refractivity contribution is -0.134. The lowest BCUT2D eigenvalue weighted by Gasteiger charge is -2.30. The van der Waals surface area contributed by atoms with E-state index in [1.54, 1.807) is 43.1 Å². The van der Waals surface area contributed by atoms with Crippen molar-refractivity contribution in [3.8, 4) is 0 Å². The molecule has 0 spiro atoms. The lowest BCUT2D eigenvalue weighted by atomic mass is 10.1. The van der Waals surface area contributed by atoms with Gasteiger partial charge in [-0.25, -0.2) is 0 Å². The van der Waals surface area contributed by atoms with Gasteiger partial charge >= 0.3 is 0 Å². The van der Waals surface area contributed by atoms with Crippen LogP contribution in [0.5, 0.6) is 0 Å². The summed E-state index contributed by atoms with van der Waals surface area (Å²) < 4.78 is 0. The average Bonchev–Trinajstić information content (AvgIpc) is 2.60. The number of benzene rings is 1. The normalized spacial score (nSPS) is 17.8. The second kappa shape index (κ2) is 8.12. The lowest BCUT2D eigenvalue weighted by Crippen LogP contribution is -2.48. The third-order valence-electron chi connectivity index (χ3n) is 3.77. The molecular formula is C16H23ClN4O3. The van der Waals surface area contributed by atoms with Crippen LogP contribution < -0.4 is 16.0 Å². The van der Waals surface area contributed by atoms with Crippen LogP contribution in [0.25, 0.3) is 0 Å². The minimum absolute atomic E-state index is 0. The molecule has 0 radical (unpaired) electrons. The number of amides is 3. The molecule has 1 aliphatic heterocycles. The second-order valence-electron chi connectivity index (χ2n) is 5.87. The van der Waals surface area contributed by atoms with Crippen molar-refractivity contribution < 1.29 is 14.4 Å². The fraction of sp³-hybridized carbons (Fsp3) is 0.438. The number of carbonyl (C=O) groups excluding carboxylic acids is 3. The third kappa shape index (κ3) is 4.24. The number of hydrogen-bond donors (Lipinski definition) is 2. The van der Waals surface area contributed by atoms with E-state index in [4.69, 9.17) is 5.73 Å². The molecule has 7 nitrogen and oxygen atoms in total. The van der Waals surface area contributed by atoms with Crippen molar-refractivity contribution in [2.24, 2.45) is 5.73 Å². The number of carbonyl (C=O) groups is 3. The van der Waals surface area contributed by atoms with Gasteiger partial charge in [-0.2, -0.15) is 0 Å². The molecule has 1 aromatic rings. The van der Waals surface area contributed by atoms with Crippen molar-refractivity contribution in [1.29, 1.82) is 0 Å². The largest absolute Gasteiger partial charge is 0.335 e. The molecule has 2 atom stereocenters. The molecule has 24 heavy (non-hydrogen) atoms. The number of para-hydroxylation sites is 2. The number of rotatable bonds is 3. The van der Waals surface area contributed by atoms with Crippen LogP contribution in [0.1, 0.15) is 20.3 Å². The van der Waals surface area contributed by atoms with Crippen LogP contribution in [-0.2, 0) is 14.4 Å². The van der Waals surface area contributed by atoms with Gasteiger partial charge in [0, 0.05) is 19.5 Å². The van der Waals surface area contributed by atoms with E-state index in [0.717, 1.165) is 0 Å². The number of nitrogens with two attached hydrogens (primary N) is 1. The summed E-state index contributed by atoms with van der Waals surface area (Å²) in [7, 11) is 1.54. The van der Waals surface area contributed by atoms with Crippen LogP contribution in [0.4, 0.5) is 11.4 Å². The van der Waals surface area contributed by atoms with Gasteiger partial charge in [0.15, 0.2) is 0 Å². The van der Waals surface area contributed by atoms with Gasteiger partial charge in [-0.1, -0.05) is 12.1 Å². The topological polar surface area (TPSA) is 95.7 Å². The van der Waals surface area contributed by atoms with Crippen molar-refractivity contribution in [2.75, 3.05) is 23.8 Å². The predicted octanol–water partition coefficient (Wildman–Crippen LogP) is 0.978. The van der Waals surface area contributed by atoms with E-state index in [9.17, 15) is 14.4 Å². The summed E-state index contributed by atoms with van der Waals surface area (Å²) in [6.45, 7) is 3.30. The molecule has 8 heteroatoms. The van der Waals surface area contributed by atoms with Crippen molar-refractivity contribution in [3.05, 3.63) is 24.3 Å². The van der Waals surface area contributed by atoms with Crippen LogP contribution in [0.15, 0.2) is 24.3 Å². The van der Waals surface area contributed by atoms with E-state index in [0.29, 0.717) is 11.4 Å². The van der Waals surface area contributed by atoms with Crippen LogP contribution in [0, 0.1) is 0 Å². The Balaban J connectivity index is 0.00000288. The van der Waals surface area contributed by atoms with Gasteiger partial charge in [0.1, 0.15) is 0 Å². The number of likely N-dealkylation sites (N-methyl/N-ethyl adjacent to an activating group) is 1. The maximum atomic E-state index is 12.7. The molecule has 1 heterocycles. The first kappa shape index (κ1) is 19.9. The van der Waals surface area contributed by atoms with Crippen molar-refractivity contribution >= 4 is 41.5 Å². The number of halogens is 1. The first-order valence-corrected chi connectivity index (χ1v) is 7.52. The molecular weight excluding hydrogens is 332 g/mol. The molecule has 3 N–H and O–H groups in total. The Hall–Kier alpha value is -2.12. The molecule has 0 fully saturated rings. The molecule has 0 saturated carbocycles.